The van der Waals surface area contributed by atoms with Crippen LogP contribution in [0.4, 0.5) is 0 Å². The van der Waals surface area contributed by atoms with Crippen molar-refractivity contribution in [2.45, 2.75) is 0 Å². The Balaban J connectivity index is 3.05. The van der Waals surface area contributed by atoms with Crippen molar-refractivity contribution < 1.29 is 12.9 Å². The number of hydrogen-bond donors (Lipinski definition) is 2. The van der Waals surface area contributed by atoms with Gasteiger partial charge in [0.25, 0.3) is 0 Å². The summed E-state index contributed by atoms with van der Waals surface area (Å²) in [6.07, 6.45) is 0.399. The van der Waals surface area contributed by atoms with Crippen molar-refractivity contribution in [3.05, 3.63) is 0 Å². The molecule has 5 heteroatoms. The summed E-state index contributed by atoms with van der Waals surface area (Å²) in [5.41, 5.74) is 0. The zero-order chi connectivity index (χ0) is 4.99. The second-order valence-electron chi connectivity index (χ2n) is 0.431. The Labute approximate surface area is 37.1 Å². The van der Waals surface area contributed by atoms with Crippen molar-refractivity contribution in [2.75, 3.05) is 0 Å². The van der Waals surface area contributed by atoms with E-state index in [9.17, 15) is 4.21 Å². The van der Waals surface area contributed by atoms with E-state index >= 15 is 0 Å². The van der Waals surface area contributed by atoms with E-state index < -0.39 is 11.4 Å². The molecule has 0 aromatic heterocycles. The van der Waals surface area contributed by atoms with E-state index in [1.165, 1.54) is 0 Å². The van der Waals surface area contributed by atoms with Crippen LogP contribution in [0.5, 0.6) is 0 Å². The van der Waals surface area contributed by atoms with Gasteiger partial charge in [-0.05, 0) is 0 Å². The van der Waals surface area contributed by atoms with Crippen molar-refractivity contribution >= 4 is 17.8 Å². The molecule has 1 atom stereocenters. The molecular formula is CH3NO3S. The maximum Gasteiger partial charge on any atom is 0.358 e. The molecule has 0 aliphatic rings. The van der Waals surface area contributed by atoms with Gasteiger partial charge in [0, 0.05) is 0 Å². The first-order valence-electron chi connectivity index (χ1n) is 1.04. The van der Waals surface area contributed by atoms with Gasteiger partial charge >= 0.3 is 11.4 Å². The van der Waals surface area contributed by atoms with Gasteiger partial charge in [0.15, 0.2) is 6.40 Å². The van der Waals surface area contributed by atoms with E-state index in [0.29, 0.717) is 6.40 Å². The van der Waals surface area contributed by atoms with Gasteiger partial charge in [0.2, 0.25) is 0 Å². The minimum absolute atomic E-state index is 0.399. The molecule has 6 heavy (non-hydrogen) atoms. The molecule has 0 saturated heterocycles. The average molecular weight is 109 g/mol. The molecule has 0 spiro atoms. The van der Waals surface area contributed by atoms with Crippen LogP contribution in [0.15, 0.2) is 0 Å². The largest absolute Gasteiger partial charge is 0.368 e. The van der Waals surface area contributed by atoms with Crippen molar-refractivity contribution in [3.8, 4) is 0 Å². The lowest BCUT2D eigenvalue weighted by atomic mass is 11.6. The van der Waals surface area contributed by atoms with Crippen LogP contribution in [-0.4, -0.2) is 15.2 Å². The zero-order valence-electron chi connectivity index (χ0n) is 2.75. The normalized spacial score (nSPS) is 12.8. The molecule has 0 aliphatic heterocycles. The van der Waals surface area contributed by atoms with Crippen LogP contribution in [0.2, 0.25) is 0 Å². The van der Waals surface area contributed by atoms with Gasteiger partial charge in [-0.3, -0.25) is 9.96 Å². The van der Waals surface area contributed by atoms with E-state index in [4.69, 9.17) is 9.96 Å². The molecule has 1 unspecified atom stereocenters. The Morgan fingerprint density at radius 1 is 2.00 bits per heavy atom. The highest BCUT2D eigenvalue weighted by Gasteiger charge is 1.80. The minimum Gasteiger partial charge on any atom is -0.368 e. The third kappa shape index (κ3) is 3.58. The number of hydrogen-bond acceptors (Lipinski definition) is 3. The predicted octanol–water partition coefficient (Wildman–Crippen LogP) is -0.253. The fraction of sp³-hybridized carbons (Fsp3) is 0. The average Bonchev–Trinajstić information content (AvgIpc) is 1.35. The van der Waals surface area contributed by atoms with Gasteiger partial charge in [0.05, 0.1) is 0 Å². The molecule has 0 saturated carbocycles. The lowest BCUT2D eigenvalue weighted by Gasteiger charge is -1.80. The van der Waals surface area contributed by atoms with Crippen LogP contribution in [0.3, 0.4) is 0 Å². The quantitative estimate of drug-likeness (QED) is 0.292. The molecule has 0 aromatic rings. The topological polar surface area (TPSA) is 70.4 Å². The highest BCUT2D eigenvalue weighted by molar-refractivity contribution is 7.74. The van der Waals surface area contributed by atoms with E-state index in [2.05, 4.69) is 4.18 Å². The van der Waals surface area contributed by atoms with Gasteiger partial charge < -0.3 is 4.18 Å². The minimum atomic E-state index is -2.31. The van der Waals surface area contributed by atoms with Crippen LogP contribution < -0.4 is 0 Å². The van der Waals surface area contributed by atoms with E-state index in [0.717, 1.165) is 0 Å². The molecule has 0 bridgehead atoms. The summed E-state index contributed by atoms with van der Waals surface area (Å²) in [6.45, 7) is 0. The zero-order valence-corrected chi connectivity index (χ0v) is 3.57. The van der Waals surface area contributed by atoms with Crippen LogP contribution in [0, 0.1) is 5.41 Å². The molecule has 0 amide bonds. The first-order chi connectivity index (χ1) is 2.77. The molecule has 0 radical (unpaired) electrons. The third-order valence-corrected chi connectivity index (χ3v) is 0.391. The predicted molar refractivity (Wildman–Crippen MR) is 20.6 cm³/mol. The van der Waals surface area contributed by atoms with Crippen LogP contribution in [0.1, 0.15) is 0 Å². The highest BCUT2D eigenvalue weighted by Crippen LogP contribution is 1.66. The summed E-state index contributed by atoms with van der Waals surface area (Å²) in [6, 6.07) is 0. The van der Waals surface area contributed by atoms with Gasteiger partial charge in [-0.2, -0.15) is 4.21 Å². The van der Waals surface area contributed by atoms with Crippen molar-refractivity contribution in [3.63, 3.8) is 0 Å². The van der Waals surface area contributed by atoms with E-state index in [-0.39, 0.29) is 0 Å². The molecule has 0 aliphatic carbocycles. The summed E-state index contributed by atoms with van der Waals surface area (Å²) < 4.78 is 20.6. The van der Waals surface area contributed by atoms with Crippen molar-refractivity contribution in [1.29, 1.82) is 5.41 Å². The molecule has 0 aromatic carbocycles. The van der Waals surface area contributed by atoms with Gasteiger partial charge in [-0.1, -0.05) is 0 Å². The van der Waals surface area contributed by atoms with Gasteiger partial charge in [-0.25, -0.2) is 0 Å². The Morgan fingerprint density at radius 3 is 2.50 bits per heavy atom. The van der Waals surface area contributed by atoms with Crippen molar-refractivity contribution in [2.24, 2.45) is 0 Å². The fourth-order valence-corrected chi connectivity index (χ4v) is 0.123. The SMILES string of the molecule is N=COS(=O)O. The second-order valence-corrected chi connectivity index (χ2v) is 1.06. The number of rotatable bonds is 2. The molecule has 0 fully saturated rings. The molecule has 0 rings (SSSR count). The molecular weight excluding hydrogens is 106 g/mol. The summed E-state index contributed by atoms with van der Waals surface area (Å²) in [7, 11) is 0. The Bertz CT molecular complexity index is 71.2. The van der Waals surface area contributed by atoms with Gasteiger partial charge in [-0.15, -0.1) is 0 Å². The van der Waals surface area contributed by atoms with Crippen LogP contribution >= 0.6 is 0 Å². The van der Waals surface area contributed by atoms with E-state index in [1.807, 2.05) is 0 Å². The lowest BCUT2D eigenvalue weighted by Crippen LogP contribution is -1.88. The lowest BCUT2D eigenvalue weighted by molar-refractivity contribution is 0.461. The highest BCUT2D eigenvalue weighted by atomic mass is 32.2. The third-order valence-electron chi connectivity index (χ3n) is 0.130. The molecule has 2 N–H and O–H groups in total. The van der Waals surface area contributed by atoms with Crippen LogP contribution in [-0.2, 0) is 15.5 Å². The Morgan fingerprint density at radius 2 is 2.50 bits per heavy atom. The smallest absolute Gasteiger partial charge is 0.358 e. The molecule has 4 nitrogen and oxygen atoms in total. The van der Waals surface area contributed by atoms with Crippen LogP contribution in [0.25, 0.3) is 0 Å². The Kier molecular flexibility index (Phi) is 2.60. The fourth-order valence-electron chi connectivity index (χ4n) is 0.0412. The second kappa shape index (κ2) is 2.80. The first-order valence-corrected chi connectivity index (χ1v) is 2.07. The number of nitrogens with one attached hydrogen (secondary N) is 1. The van der Waals surface area contributed by atoms with Gasteiger partial charge in [0.1, 0.15) is 0 Å². The summed E-state index contributed by atoms with van der Waals surface area (Å²) in [5.74, 6) is 0. The van der Waals surface area contributed by atoms with E-state index in [1.54, 1.807) is 0 Å². The summed E-state index contributed by atoms with van der Waals surface area (Å²) in [4.78, 5) is 0. The first kappa shape index (κ1) is 5.58. The summed E-state index contributed by atoms with van der Waals surface area (Å²) in [5, 5.41) is 6.03. The Hall–Kier alpha value is -0.420. The van der Waals surface area contributed by atoms with Crippen molar-refractivity contribution in [1.82, 2.24) is 0 Å². The molecule has 36 valence electrons. The monoisotopic (exact) mass is 109 g/mol. The standard InChI is InChI=1S/CH3NO3S/c2-1-5-6(3)4/h1-2H,(H,3,4). The summed E-state index contributed by atoms with van der Waals surface area (Å²) >= 11 is -2.31. The maximum absolute atomic E-state index is 9.34. The molecule has 0 heterocycles. The maximum atomic E-state index is 9.34.